The molecule has 0 radical (unpaired) electrons. The van der Waals surface area contributed by atoms with E-state index in [9.17, 15) is 14.4 Å². The Bertz CT molecular complexity index is 1210. The SMILES string of the molecule is CCCCC/C=C\C/C=C\CCCCCCCC(=O)OC(COC(=O)CCCCCCCCC)COC(=O)CCCCCCCCCCCCCC/C=C\C/C=C\C/C=C\CCCCCCC. The van der Waals surface area contributed by atoms with Crippen LogP contribution in [0, 0.1) is 0 Å². The molecule has 0 bridgehead atoms. The number of carbonyl (C=O) groups excluding carboxylic acids is 3. The molecule has 6 nitrogen and oxygen atoms in total. The molecule has 0 aromatic heterocycles. The summed E-state index contributed by atoms with van der Waals surface area (Å²) >= 11 is 0. The predicted octanol–water partition coefficient (Wildman–Crippen LogP) is 19.2. The number of hydrogen-bond acceptors (Lipinski definition) is 6. The summed E-state index contributed by atoms with van der Waals surface area (Å²) in [4.78, 5) is 37.9. The van der Waals surface area contributed by atoms with Crippen molar-refractivity contribution < 1.29 is 28.6 Å². The van der Waals surface area contributed by atoms with Gasteiger partial charge in [0.1, 0.15) is 13.2 Å². The molecule has 0 aliphatic heterocycles. The summed E-state index contributed by atoms with van der Waals surface area (Å²) in [5.41, 5.74) is 0. The Morgan fingerprint density at radius 2 is 0.537 bits per heavy atom. The summed E-state index contributed by atoms with van der Waals surface area (Å²) in [5.74, 6) is -0.894. The number of hydrogen-bond donors (Lipinski definition) is 0. The van der Waals surface area contributed by atoms with E-state index in [0.717, 1.165) is 96.3 Å². The van der Waals surface area contributed by atoms with Gasteiger partial charge in [-0.1, -0.05) is 242 Å². The first-order valence-corrected chi connectivity index (χ1v) is 28.8. The number of unbranched alkanes of at least 4 members (excludes halogenated alkanes) is 31. The van der Waals surface area contributed by atoms with Gasteiger partial charge in [0.25, 0.3) is 0 Å². The van der Waals surface area contributed by atoms with Crippen LogP contribution in [0.3, 0.4) is 0 Å². The molecule has 0 N–H and O–H groups in total. The standard InChI is InChI=1S/C61H108O6/c1-4-7-10-13-16-18-20-22-24-25-26-27-28-29-30-31-32-33-34-35-37-38-40-42-45-48-51-54-60(63)66-57-58(56-65-59(62)53-50-47-44-15-12-9-6-3)67-61(64)55-52-49-46-43-41-39-36-23-21-19-17-14-11-8-5-2/h17,19-20,22-23,25-26,28-29,36,58H,4-16,18,21,24,27,30-35,37-57H2,1-3H3/b19-17-,22-20-,26-25-,29-28-,36-23-. The zero-order valence-electron chi connectivity index (χ0n) is 44.4. The highest BCUT2D eigenvalue weighted by Gasteiger charge is 2.19. The van der Waals surface area contributed by atoms with Gasteiger partial charge in [-0.3, -0.25) is 14.4 Å². The summed E-state index contributed by atoms with van der Waals surface area (Å²) in [5, 5.41) is 0. The van der Waals surface area contributed by atoms with Crippen molar-refractivity contribution in [2.24, 2.45) is 0 Å². The zero-order chi connectivity index (χ0) is 48.6. The van der Waals surface area contributed by atoms with Gasteiger partial charge in [-0.2, -0.15) is 0 Å². The fraction of sp³-hybridized carbons (Fsp3) is 0.787. The monoisotopic (exact) mass is 937 g/mol. The Morgan fingerprint density at radius 3 is 0.866 bits per heavy atom. The van der Waals surface area contributed by atoms with Crippen LogP contribution >= 0.6 is 0 Å². The van der Waals surface area contributed by atoms with Gasteiger partial charge in [0.15, 0.2) is 6.10 Å². The molecule has 388 valence electrons. The Hall–Kier alpha value is -2.89. The number of esters is 3. The molecular formula is C61H108O6. The van der Waals surface area contributed by atoms with Gasteiger partial charge < -0.3 is 14.2 Å². The van der Waals surface area contributed by atoms with E-state index in [1.54, 1.807) is 0 Å². The normalized spacial score (nSPS) is 12.5. The Morgan fingerprint density at radius 1 is 0.299 bits per heavy atom. The highest BCUT2D eigenvalue weighted by atomic mass is 16.6. The summed E-state index contributed by atoms with van der Waals surface area (Å²) in [6.45, 7) is 6.56. The number of allylic oxidation sites excluding steroid dienone is 10. The molecule has 0 heterocycles. The molecule has 0 aromatic rings. The van der Waals surface area contributed by atoms with Gasteiger partial charge in [0, 0.05) is 19.3 Å². The van der Waals surface area contributed by atoms with Crippen molar-refractivity contribution in [3.8, 4) is 0 Å². The molecule has 0 fully saturated rings. The highest BCUT2D eigenvalue weighted by molar-refractivity contribution is 5.71. The molecule has 1 unspecified atom stereocenters. The van der Waals surface area contributed by atoms with Crippen LogP contribution in [0.25, 0.3) is 0 Å². The molecule has 0 saturated heterocycles. The quantitative estimate of drug-likeness (QED) is 0.0262. The van der Waals surface area contributed by atoms with Crippen LogP contribution in [0.4, 0.5) is 0 Å². The second-order valence-electron chi connectivity index (χ2n) is 19.2. The fourth-order valence-electron chi connectivity index (χ4n) is 8.13. The molecule has 0 aromatic carbocycles. The minimum Gasteiger partial charge on any atom is -0.462 e. The van der Waals surface area contributed by atoms with Gasteiger partial charge in [-0.15, -0.1) is 0 Å². The molecule has 0 rings (SSSR count). The lowest BCUT2D eigenvalue weighted by Crippen LogP contribution is -2.30. The third-order valence-corrected chi connectivity index (χ3v) is 12.5. The van der Waals surface area contributed by atoms with E-state index in [2.05, 4.69) is 81.5 Å². The number of rotatable bonds is 52. The van der Waals surface area contributed by atoms with Gasteiger partial charge in [-0.25, -0.2) is 0 Å². The predicted molar refractivity (Wildman–Crippen MR) is 288 cm³/mol. The number of ether oxygens (including phenoxy) is 3. The maximum absolute atomic E-state index is 12.8. The first kappa shape index (κ1) is 64.1. The van der Waals surface area contributed by atoms with Crippen LogP contribution < -0.4 is 0 Å². The van der Waals surface area contributed by atoms with Crippen LogP contribution in [0.15, 0.2) is 60.8 Å². The summed E-state index contributed by atoms with van der Waals surface area (Å²) in [7, 11) is 0. The Labute approximate surface area is 415 Å². The molecule has 0 aliphatic carbocycles. The maximum atomic E-state index is 12.8. The van der Waals surface area contributed by atoms with E-state index in [0.29, 0.717) is 19.3 Å². The van der Waals surface area contributed by atoms with Crippen LogP contribution in [0.1, 0.15) is 290 Å². The Balaban J connectivity index is 4.13. The minimum absolute atomic E-state index is 0.0790. The van der Waals surface area contributed by atoms with Crippen molar-refractivity contribution in [2.75, 3.05) is 13.2 Å². The van der Waals surface area contributed by atoms with Gasteiger partial charge in [0.05, 0.1) is 0 Å². The summed E-state index contributed by atoms with van der Waals surface area (Å²) in [6.07, 6.45) is 69.5. The van der Waals surface area contributed by atoms with Crippen molar-refractivity contribution in [3.05, 3.63) is 60.8 Å². The van der Waals surface area contributed by atoms with Crippen molar-refractivity contribution in [2.45, 2.75) is 297 Å². The van der Waals surface area contributed by atoms with Crippen molar-refractivity contribution >= 4 is 17.9 Å². The molecule has 0 aliphatic rings. The van der Waals surface area contributed by atoms with E-state index >= 15 is 0 Å². The fourth-order valence-corrected chi connectivity index (χ4v) is 8.13. The average Bonchev–Trinajstić information content (AvgIpc) is 3.33. The van der Waals surface area contributed by atoms with Crippen molar-refractivity contribution in [3.63, 3.8) is 0 Å². The first-order valence-electron chi connectivity index (χ1n) is 28.8. The van der Waals surface area contributed by atoms with Gasteiger partial charge in [-0.05, 0) is 89.9 Å². The van der Waals surface area contributed by atoms with Crippen LogP contribution in [0.2, 0.25) is 0 Å². The lowest BCUT2D eigenvalue weighted by molar-refractivity contribution is -0.167. The van der Waals surface area contributed by atoms with E-state index in [-0.39, 0.29) is 31.1 Å². The molecule has 6 heteroatoms. The average molecular weight is 938 g/mol. The maximum Gasteiger partial charge on any atom is 0.306 e. The molecule has 1 atom stereocenters. The van der Waals surface area contributed by atoms with E-state index < -0.39 is 6.10 Å². The highest BCUT2D eigenvalue weighted by Crippen LogP contribution is 2.15. The lowest BCUT2D eigenvalue weighted by Gasteiger charge is -2.18. The molecule has 0 saturated carbocycles. The smallest absolute Gasteiger partial charge is 0.306 e. The van der Waals surface area contributed by atoms with E-state index in [4.69, 9.17) is 14.2 Å². The van der Waals surface area contributed by atoms with Gasteiger partial charge in [0.2, 0.25) is 0 Å². The molecule has 67 heavy (non-hydrogen) atoms. The largest absolute Gasteiger partial charge is 0.462 e. The topological polar surface area (TPSA) is 78.9 Å². The Kier molecular flexibility index (Phi) is 53.3. The lowest BCUT2D eigenvalue weighted by atomic mass is 10.0. The first-order chi connectivity index (χ1) is 33.0. The van der Waals surface area contributed by atoms with Crippen molar-refractivity contribution in [1.82, 2.24) is 0 Å². The van der Waals surface area contributed by atoms with Crippen molar-refractivity contribution in [1.29, 1.82) is 0 Å². The van der Waals surface area contributed by atoms with E-state index in [1.807, 2.05) is 0 Å². The van der Waals surface area contributed by atoms with Gasteiger partial charge >= 0.3 is 17.9 Å². The molecule has 0 spiro atoms. The molecule has 0 amide bonds. The third kappa shape index (κ3) is 53.9. The molecular weight excluding hydrogens is 829 g/mol. The second-order valence-corrected chi connectivity index (χ2v) is 19.2. The third-order valence-electron chi connectivity index (χ3n) is 12.5. The summed E-state index contributed by atoms with van der Waals surface area (Å²) in [6, 6.07) is 0. The zero-order valence-corrected chi connectivity index (χ0v) is 44.4. The second kappa shape index (κ2) is 55.7. The number of carbonyl (C=O) groups is 3. The minimum atomic E-state index is -0.778. The van der Waals surface area contributed by atoms with Crippen LogP contribution in [0.5, 0.6) is 0 Å². The van der Waals surface area contributed by atoms with Crippen LogP contribution in [-0.4, -0.2) is 37.2 Å². The van der Waals surface area contributed by atoms with Crippen LogP contribution in [-0.2, 0) is 28.6 Å². The summed E-state index contributed by atoms with van der Waals surface area (Å²) < 4.78 is 16.8. The van der Waals surface area contributed by atoms with E-state index in [1.165, 1.54) is 154 Å².